The quantitative estimate of drug-likeness (QED) is 0.835. The van der Waals surface area contributed by atoms with Gasteiger partial charge in [0.1, 0.15) is 18.3 Å². The van der Waals surface area contributed by atoms with Gasteiger partial charge in [-0.2, -0.15) is 0 Å². The van der Waals surface area contributed by atoms with Crippen molar-refractivity contribution in [3.05, 3.63) is 53.1 Å². The Bertz CT molecular complexity index is 673. The van der Waals surface area contributed by atoms with Crippen LogP contribution >= 0.6 is 11.6 Å². The highest BCUT2D eigenvalue weighted by atomic mass is 35.5. The molecule has 0 bridgehead atoms. The van der Waals surface area contributed by atoms with E-state index in [0.29, 0.717) is 23.0 Å². The summed E-state index contributed by atoms with van der Waals surface area (Å²) in [4.78, 5) is 12.3. The third-order valence-corrected chi connectivity index (χ3v) is 3.58. The van der Waals surface area contributed by atoms with Crippen molar-refractivity contribution in [2.24, 2.45) is 0 Å². The molecule has 20 heavy (non-hydrogen) atoms. The van der Waals surface area contributed by atoms with Gasteiger partial charge in [-0.3, -0.25) is 4.79 Å². The maximum absolute atomic E-state index is 12.3. The van der Waals surface area contributed by atoms with Gasteiger partial charge in [-0.1, -0.05) is 29.8 Å². The summed E-state index contributed by atoms with van der Waals surface area (Å²) in [6.07, 6.45) is 0. The zero-order valence-corrected chi connectivity index (χ0v) is 11.4. The number of nitrogens with one attached hydrogen (secondary N) is 1. The summed E-state index contributed by atoms with van der Waals surface area (Å²) in [5.74, 6) is 0.303. The van der Waals surface area contributed by atoms with E-state index in [-0.39, 0.29) is 11.8 Å². The number of rotatable bonds is 2. The topological polar surface area (TPSA) is 64.3 Å². The number of ether oxygens (including phenoxy) is 1. The molecule has 0 radical (unpaired) electrons. The summed E-state index contributed by atoms with van der Waals surface area (Å²) in [5, 5.41) is 3.24. The smallest absolute Gasteiger partial charge is 0.235 e. The van der Waals surface area contributed by atoms with Gasteiger partial charge in [0.15, 0.2) is 0 Å². The second kappa shape index (κ2) is 5.06. The van der Waals surface area contributed by atoms with Crippen molar-refractivity contribution in [1.82, 2.24) is 0 Å². The number of nitrogens with two attached hydrogens (primary N) is 1. The molecule has 0 aliphatic carbocycles. The van der Waals surface area contributed by atoms with Crippen LogP contribution in [0.15, 0.2) is 42.5 Å². The van der Waals surface area contributed by atoms with Crippen LogP contribution in [-0.4, -0.2) is 12.5 Å². The lowest BCUT2D eigenvalue weighted by atomic mass is 10.0. The van der Waals surface area contributed by atoms with Crippen molar-refractivity contribution in [1.29, 1.82) is 0 Å². The van der Waals surface area contributed by atoms with Crippen LogP contribution in [0.1, 0.15) is 11.5 Å². The second-order valence-electron chi connectivity index (χ2n) is 4.63. The van der Waals surface area contributed by atoms with E-state index in [2.05, 4.69) is 5.32 Å². The molecule has 3 rings (SSSR count). The molecular formula is C15H13ClN2O2. The molecule has 1 atom stereocenters. The van der Waals surface area contributed by atoms with Crippen LogP contribution in [0.4, 0.5) is 11.4 Å². The summed E-state index contributed by atoms with van der Waals surface area (Å²) in [6, 6.07) is 12.5. The van der Waals surface area contributed by atoms with Gasteiger partial charge in [-0.05, 0) is 24.3 Å². The first-order valence-corrected chi connectivity index (χ1v) is 6.60. The van der Waals surface area contributed by atoms with Crippen molar-refractivity contribution in [2.45, 2.75) is 5.92 Å². The number of para-hydroxylation sites is 1. The molecule has 1 aliphatic heterocycles. The zero-order chi connectivity index (χ0) is 14.1. The van der Waals surface area contributed by atoms with Crippen LogP contribution in [0, 0.1) is 0 Å². The fraction of sp³-hybridized carbons (Fsp3) is 0.133. The summed E-state index contributed by atoms with van der Waals surface area (Å²) < 4.78 is 5.51. The highest BCUT2D eigenvalue weighted by Gasteiger charge is 2.30. The van der Waals surface area contributed by atoms with Gasteiger partial charge in [-0.15, -0.1) is 0 Å². The van der Waals surface area contributed by atoms with Crippen LogP contribution in [0.5, 0.6) is 5.75 Å². The fourth-order valence-electron chi connectivity index (χ4n) is 2.23. The number of hydrogen-bond donors (Lipinski definition) is 2. The van der Waals surface area contributed by atoms with Crippen LogP contribution in [0.2, 0.25) is 5.02 Å². The first-order chi connectivity index (χ1) is 9.65. The van der Waals surface area contributed by atoms with Crippen LogP contribution in [-0.2, 0) is 4.79 Å². The maximum Gasteiger partial charge on any atom is 0.235 e. The predicted octanol–water partition coefficient (Wildman–Crippen LogP) is 3.04. The molecular weight excluding hydrogens is 276 g/mol. The van der Waals surface area contributed by atoms with Crippen LogP contribution in [0.25, 0.3) is 0 Å². The minimum absolute atomic E-state index is 0.137. The van der Waals surface area contributed by atoms with Crippen molar-refractivity contribution < 1.29 is 9.53 Å². The first-order valence-electron chi connectivity index (χ1n) is 6.23. The highest BCUT2D eigenvalue weighted by molar-refractivity contribution is 6.34. The Kier molecular flexibility index (Phi) is 3.24. The van der Waals surface area contributed by atoms with E-state index in [1.807, 2.05) is 24.3 Å². The Morgan fingerprint density at radius 3 is 2.90 bits per heavy atom. The van der Waals surface area contributed by atoms with Gasteiger partial charge in [0.05, 0.1) is 10.7 Å². The van der Waals surface area contributed by atoms with Gasteiger partial charge in [0, 0.05) is 11.3 Å². The van der Waals surface area contributed by atoms with E-state index in [4.69, 9.17) is 22.1 Å². The molecule has 1 aliphatic rings. The third-order valence-electron chi connectivity index (χ3n) is 3.27. The summed E-state index contributed by atoms with van der Waals surface area (Å²) in [5.41, 5.74) is 7.64. The van der Waals surface area contributed by atoms with E-state index in [9.17, 15) is 4.79 Å². The SMILES string of the molecule is Nc1ccc(NC(=O)C2COc3ccccc32)c(Cl)c1. The van der Waals surface area contributed by atoms with E-state index in [0.717, 1.165) is 11.3 Å². The van der Waals surface area contributed by atoms with Crippen LogP contribution in [0.3, 0.4) is 0 Å². The van der Waals surface area contributed by atoms with E-state index in [1.165, 1.54) is 0 Å². The number of carbonyl (C=O) groups excluding carboxylic acids is 1. The van der Waals surface area contributed by atoms with Crippen molar-refractivity contribution in [3.63, 3.8) is 0 Å². The standard InChI is InChI=1S/C15H13ClN2O2/c16-12-7-9(17)5-6-13(12)18-15(19)11-8-20-14-4-2-1-3-10(11)14/h1-7,11H,8,17H2,(H,18,19). The molecule has 0 saturated carbocycles. The van der Waals surface area contributed by atoms with Gasteiger partial charge in [0.2, 0.25) is 5.91 Å². The monoisotopic (exact) mass is 288 g/mol. The predicted molar refractivity (Wildman–Crippen MR) is 79.2 cm³/mol. The molecule has 1 unspecified atom stereocenters. The minimum atomic E-state index is -0.320. The van der Waals surface area contributed by atoms with Crippen LogP contribution < -0.4 is 15.8 Å². The molecule has 5 heteroatoms. The van der Waals surface area contributed by atoms with Crippen molar-refractivity contribution in [3.8, 4) is 5.75 Å². The molecule has 1 heterocycles. The lowest BCUT2D eigenvalue weighted by Crippen LogP contribution is -2.22. The molecule has 4 nitrogen and oxygen atoms in total. The summed E-state index contributed by atoms with van der Waals surface area (Å²) in [7, 11) is 0. The molecule has 1 amide bonds. The zero-order valence-electron chi connectivity index (χ0n) is 10.6. The number of fused-ring (bicyclic) bond motifs is 1. The molecule has 2 aromatic rings. The Morgan fingerprint density at radius 1 is 1.30 bits per heavy atom. The van der Waals surface area contributed by atoms with Gasteiger partial charge in [0.25, 0.3) is 0 Å². The largest absolute Gasteiger partial charge is 0.492 e. The fourth-order valence-corrected chi connectivity index (χ4v) is 2.47. The number of nitrogen functional groups attached to an aromatic ring is 1. The highest BCUT2D eigenvalue weighted by Crippen LogP contribution is 2.34. The Labute approximate surface area is 121 Å². The minimum Gasteiger partial charge on any atom is -0.492 e. The molecule has 102 valence electrons. The van der Waals surface area contributed by atoms with E-state index >= 15 is 0 Å². The average Bonchev–Trinajstić information content (AvgIpc) is 2.86. The van der Waals surface area contributed by atoms with Crippen molar-refractivity contribution >= 4 is 28.9 Å². The number of benzene rings is 2. The molecule has 0 aromatic heterocycles. The van der Waals surface area contributed by atoms with Gasteiger partial charge in [-0.25, -0.2) is 0 Å². The number of anilines is 2. The Morgan fingerprint density at radius 2 is 2.10 bits per heavy atom. The second-order valence-corrected chi connectivity index (χ2v) is 5.04. The normalized spacial score (nSPS) is 16.4. The summed E-state index contributed by atoms with van der Waals surface area (Å²) >= 11 is 6.05. The lowest BCUT2D eigenvalue weighted by Gasteiger charge is -2.11. The van der Waals surface area contributed by atoms with Gasteiger partial charge >= 0.3 is 0 Å². The Hall–Kier alpha value is -2.20. The maximum atomic E-state index is 12.3. The number of amides is 1. The lowest BCUT2D eigenvalue weighted by molar-refractivity contribution is -0.117. The number of halogens is 1. The molecule has 0 spiro atoms. The number of carbonyl (C=O) groups is 1. The number of hydrogen-bond acceptors (Lipinski definition) is 3. The first kappa shape index (κ1) is 12.8. The average molecular weight is 289 g/mol. The van der Waals surface area contributed by atoms with E-state index in [1.54, 1.807) is 18.2 Å². The third kappa shape index (κ3) is 2.30. The molecule has 0 fully saturated rings. The van der Waals surface area contributed by atoms with Crippen molar-refractivity contribution in [2.75, 3.05) is 17.7 Å². The summed E-state index contributed by atoms with van der Waals surface area (Å²) in [6.45, 7) is 0.345. The molecule has 2 aromatic carbocycles. The molecule has 0 saturated heterocycles. The Balaban J connectivity index is 1.81. The molecule has 3 N–H and O–H groups in total. The van der Waals surface area contributed by atoms with Gasteiger partial charge < -0.3 is 15.8 Å². The van der Waals surface area contributed by atoms with E-state index < -0.39 is 0 Å².